The molecule has 2 rings (SSSR count). The molecule has 3 heteroatoms. The molecule has 0 atom stereocenters. The predicted octanol–water partition coefficient (Wildman–Crippen LogP) is 2.54. The summed E-state index contributed by atoms with van der Waals surface area (Å²) in [5.74, 6) is 1.13. The molecule has 0 spiro atoms. The fourth-order valence-electron chi connectivity index (χ4n) is 1.99. The Balaban J connectivity index is 2.15. The molecule has 0 radical (unpaired) electrons. The van der Waals surface area contributed by atoms with E-state index < -0.39 is 0 Å². The second-order valence-electron chi connectivity index (χ2n) is 3.86. The van der Waals surface area contributed by atoms with Gasteiger partial charge in [-0.3, -0.25) is 0 Å². The summed E-state index contributed by atoms with van der Waals surface area (Å²) in [6, 6.07) is 4.35. The van der Waals surface area contributed by atoms with E-state index in [4.69, 9.17) is 4.74 Å². The van der Waals surface area contributed by atoms with Crippen LogP contribution in [0.5, 0.6) is 5.75 Å². The van der Waals surface area contributed by atoms with Gasteiger partial charge in [-0.1, -0.05) is 15.9 Å². The van der Waals surface area contributed by atoms with Crippen molar-refractivity contribution < 1.29 is 4.74 Å². The minimum Gasteiger partial charge on any atom is -0.493 e. The minimum absolute atomic E-state index is 0.838. The maximum absolute atomic E-state index is 5.67. The zero-order valence-electron chi connectivity index (χ0n) is 8.98. The number of fused-ring (bicyclic) bond motifs is 1. The van der Waals surface area contributed by atoms with E-state index in [0.717, 1.165) is 38.2 Å². The number of hydrogen-bond acceptors (Lipinski definition) is 2. The Hall–Kier alpha value is -0.540. The van der Waals surface area contributed by atoms with Gasteiger partial charge in [0.05, 0.1) is 6.61 Å². The Labute approximate surface area is 99.1 Å². The van der Waals surface area contributed by atoms with Crippen LogP contribution in [0.2, 0.25) is 0 Å². The molecule has 82 valence electrons. The van der Waals surface area contributed by atoms with Crippen molar-refractivity contribution in [1.29, 1.82) is 0 Å². The fraction of sp³-hybridized carbons (Fsp3) is 0.500. The highest BCUT2D eigenvalue weighted by Gasteiger charge is 2.16. The number of benzene rings is 1. The Morgan fingerprint density at radius 2 is 2.33 bits per heavy atom. The number of rotatable bonds is 4. The molecular weight excluding hydrogens is 254 g/mol. The lowest BCUT2D eigenvalue weighted by Gasteiger charge is -2.08. The van der Waals surface area contributed by atoms with Gasteiger partial charge in [0.2, 0.25) is 0 Å². The van der Waals surface area contributed by atoms with Crippen LogP contribution >= 0.6 is 15.9 Å². The smallest absolute Gasteiger partial charge is 0.125 e. The molecule has 0 saturated carbocycles. The lowest BCUT2D eigenvalue weighted by atomic mass is 10.0. The maximum atomic E-state index is 5.67. The standard InChI is InChI=1S/C12H16BrNO/c1-14-5-2-3-9-7-11(13)8-10-4-6-15-12(9)10/h7-8,14H,2-6H2,1H3. The lowest BCUT2D eigenvalue weighted by Crippen LogP contribution is -2.08. The molecule has 1 heterocycles. The van der Waals surface area contributed by atoms with E-state index in [2.05, 4.69) is 33.4 Å². The third-order valence-electron chi connectivity index (χ3n) is 2.70. The fourth-order valence-corrected chi connectivity index (χ4v) is 2.54. The van der Waals surface area contributed by atoms with E-state index in [1.165, 1.54) is 15.6 Å². The normalized spacial score (nSPS) is 13.7. The van der Waals surface area contributed by atoms with Crippen LogP contribution in [0.25, 0.3) is 0 Å². The van der Waals surface area contributed by atoms with Crippen LogP contribution in [0.1, 0.15) is 17.5 Å². The van der Waals surface area contributed by atoms with Crippen molar-refractivity contribution in [3.63, 3.8) is 0 Å². The summed E-state index contributed by atoms with van der Waals surface area (Å²) in [7, 11) is 1.99. The number of aryl methyl sites for hydroxylation is 1. The van der Waals surface area contributed by atoms with E-state index in [1.807, 2.05) is 7.05 Å². The van der Waals surface area contributed by atoms with Crippen LogP contribution in [-0.4, -0.2) is 20.2 Å². The molecule has 1 aromatic rings. The van der Waals surface area contributed by atoms with E-state index >= 15 is 0 Å². The summed E-state index contributed by atoms with van der Waals surface area (Å²) in [6.45, 7) is 1.89. The van der Waals surface area contributed by atoms with Gasteiger partial charge in [0.25, 0.3) is 0 Å². The van der Waals surface area contributed by atoms with Gasteiger partial charge in [0, 0.05) is 10.9 Å². The quantitative estimate of drug-likeness (QED) is 0.849. The highest BCUT2D eigenvalue weighted by Crippen LogP contribution is 2.33. The van der Waals surface area contributed by atoms with Gasteiger partial charge in [0.1, 0.15) is 5.75 Å². The van der Waals surface area contributed by atoms with Crippen molar-refractivity contribution in [3.05, 3.63) is 27.7 Å². The third-order valence-corrected chi connectivity index (χ3v) is 3.16. The molecular formula is C12H16BrNO. The Morgan fingerprint density at radius 1 is 1.47 bits per heavy atom. The van der Waals surface area contributed by atoms with Crippen molar-refractivity contribution in [1.82, 2.24) is 5.32 Å². The Kier molecular flexibility index (Phi) is 3.65. The van der Waals surface area contributed by atoms with Crippen LogP contribution in [0.15, 0.2) is 16.6 Å². The Bertz CT molecular complexity index is 352. The zero-order valence-corrected chi connectivity index (χ0v) is 10.6. The van der Waals surface area contributed by atoms with Gasteiger partial charge in [-0.15, -0.1) is 0 Å². The van der Waals surface area contributed by atoms with Crippen molar-refractivity contribution >= 4 is 15.9 Å². The molecule has 1 aliphatic heterocycles. The first kappa shape index (κ1) is 11.0. The summed E-state index contributed by atoms with van der Waals surface area (Å²) in [6.07, 6.45) is 3.29. The van der Waals surface area contributed by atoms with Crippen molar-refractivity contribution in [2.45, 2.75) is 19.3 Å². The monoisotopic (exact) mass is 269 g/mol. The number of hydrogen-bond donors (Lipinski definition) is 1. The first-order valence-electron chi connectivity index (χ1n) is 5.40. The van der Waals surface area contributed by atoms with Gasteiger partial charge in [-0.25, -0.2) is 0 Å². The van der Waals surface area contributed by atoms with Crippen LogP contribution in [0, 0.1) is 0 Å². The van der Waals surface area contributed by atoms with Crippen LogP contribution in [0.3, 0.4) is 0 Å². The second-order valence-corrected chi connectivity index (χ2v) is 4.77. The average molecular weight is 270 g/mol. The molecule has 0 aromatic heterocycles. The molecule has 1 aliphatic rings. The van der Waals surface area contributed by atoms with Crippen LogP contribution < -0.4 is 10.1 Å². The van der Waals surface area contributed by atoms with Crippen molar-refractivity contribution in [3.8, 4) is 5.75 Å². The zero-order chi connectivity index (χ0) is 10.7. The summed E-state index contributed by atoms with van der Waals surface area (Å²) in [5, 5.41) is 3.17. The molecule has 2 nitrogen and oxygen atoms in total. The van der Waals surface area contributed by atoms with Gasteiger partial charge >= 0.3 is 0 Å². The number of halogens is 1. The highest BCUT2D eigenvalue weighted by molar-refractivity contribution is 9.10. The van der Waals surface area contributed by atoms with Gasteiger partial charge < -0.3 is 10.1 Å². The largest absolute Gasteiger partial charge is 0.493 e. The Morgan fingerprint density at radius 3 is 3.13 bits per heavy atom. The van der Waals surface area contributed by atoms with Crippen LogP contribution in [0.4, 0.5) is 0 Å². The molecule has 0 fully saturated rings. The minimum atomic E-state index is 0.838. The first-order valence-corrected chi connectivity index (χ1v) is 6.19. The topological polar surface area (TPSA) is 21.3 Å². The van der Waals surface area contributed by atoms with Gasteiger partial charge in [0.15, 0.2) is 0 Å². The molecule has 1 N–H and O–H groups in total. The molecule has 0 aliphatic carbocycles. The summed E-state index contributed by atoms with van der Waals surface area (Å²) in [4.78, 5) is 0. The molecule has 0 amide bonds. The van der Waals surface area contributed by atoms with Crippen LogP contribution in [-0.2, 0) is 12.8 Å². The summed E-state index contributed by atoms with van der Waals surface area (Å²) in [5.41, 5.74) is 2.69. The van der Waals surface area contributed by atoms with E-state index in [9.17, 15) is 0 Å². The lowest BCUT2D eigenvalue weighted by molar-refractivity contribution is 0.353. The van der Waals surface area contributed by atoms with E-state index in [-0.39, 0.29) is 0 Å². The van der Waals surface area contributed by atoms with Crippen molar-refractivity contribution in [2.24, 2.45) is 0 Å². The third kappa shape index (κ3) is 2.52. The maximum Gasteiger partial charge on any atom is 0.125 e. The number of ether oxygens (including phenoxy) is 1. The molecule has 15 heavy (non-hydrogen) atoms. The van der Waals surface area contributed by atoms with Gasteiger partial charge in [-0.2, -0.15) is 0 Å². The summed E-state index contributed by atoms with van der Waals surface area (Å²) < 4.78 is 6.85. The SMILES string of the molecule is CNCCCc1cc(Br)cc2c1OCC2. The van der Waals surface area contributed by atoms with E-state index in [0.29, 0.717) is 0 Å². The molecule has 0 bridgehead atoms. The number of nitrogens with one attached hydrogen (secondary N) is 1. The molecule has 1 aromatic carbocycles. The highest BCUT2D eigenvalue weighted by atomic mass is 79.9. The molecule has 0 saturated heterocycles. The second kappa shape index (κ2) is 4.99. The van der Waals surface area contributed by atoms with E-state index in [1.54, 1.807) is 0 Å². The van der Waals surface area contributed by atoms with Crippen molar-refractivity contribution in [2.75, 3.05) is 20.2 Å². The van der Waals surface area contributed by atoms with Gasteiger partial charge in [-0.05, 0) is 49.7 Å². The summed E-state index contributed by atoms with van der Waals surface area (Å²) >= 11 is 3.55. The average Bonchev–Trinajstić information content (AvgIpc) is 2.65. The predicted molar refractivity (Wildman–Crippen MR) is 65.6 cm³/mol. The first-order chi connectivity index (χ1) is 7.31. The molecule has 0 unspecified atom stereocenters.